The van der Waals surface area contributed by atoms with Crippen LogP contribution in [-0.4, -0.2) is 8.42 Å². The van der Waals surface area contributed by atoms with Crippen molar-refractivity contribution in [1.82, 2.24) is 0 Å². The fourth-order valence-electron chi connectivity index (χ4n) is 2.06. The van der Waals surface area contributed by atoms with Gasteiger partial charge in [-0.1, -0.05) is 43.7 Å². The Morgan fingerprint density at radius 2 is 1.35 bits per heavy atom. The van der Waals surface area contributed by atoms with Gasteiger partial charge in [0.2, 0.25) is 9.84 Å². The third kappa shape index (κ3) is 2.93. The maximum atomic E-state index is 12.5. The average Bonchev–Trinajstić information content (AvgIpc) is 2.47. The molecule has 3 heteroatoms. The molecule has 0 saturated carbocycles. The lowest BCUT2D eigenvalue weighted by Crippen LogP contribution is -2.02. The second kappa shape index (κ2) is 5.80. The van der Waals surface area contributed by atoms with Gasteiger partial charge in [0.05, 0.1) is 9.79 Å². The van der Waals surface area contributed by atoms with E-state index in [1.54, 1.807) is 24.3 Å². The van der Waals surface area contributed by atoms with Crippen LogP contribution in [0.5, 0.6) is 0 Å². The first-order valence-electron chi connectivity index (χ1n) is 6.87. The first kappa shape index (κ1) is 14.8. The van der Waals surface area contributed by atoms with Crippen molar-refractivity contribution in [3.05, 3.63) is 59.7 Å². The topological polar surface area (TPSA) is 34.1 Å². The predicted molar refractivity (Wildman–Crippen MR) is 81.8 cm³/mol. The lowest BCUT2D eigenvalue weighted by atomic mass is 9.99. The zero-order valence-corrected chi connectivity index (χ0v) is 12.9. The van der Waals surface area contributed by atoms with Gasteiger partial charge < -0.3 is 0 Å². The van der Waals surface area contributed by atoms with Gasteiger partial charge in [0.15, 0.2) is 0 Å². The number of rotatable bonds is 4. The van der Waals surface area contributed by atoms with Crippen molar-refractivity contribution in [3.63, 3.8) is 0 Å². The summed E-state index contributed by atoms with van der Waals surface area (Å²) in [5, 5.41) is 0. The van der Waals surface area contributed by atoms with Gasteiger partial charge in [-0.15, -0.1) is 0 Å². The Labute approximate surface area is 121 Å². The highest BCUT2D eigenvalue weighted by molar-refractivity contribution is 7.91. The number of hydrogen-bond donors (Lipinski definition) is 0. The van der Waals surface area contributed by atoms with E-state index >= 15 is 0 Å². The van der Waals surface area contributed by atoms with E-state index in [0.29, 0.717) is 15.7 Å². The monoisotopic (exact) mass is 288 g/mol. The summed E-state index contributed by atoms with van der Waals surface area (Å²) < 4.78 is 25.0. The zero-order valence-electron chi connectivity index (χ0n) is 12.1. The number of benzene rings is 2. The van der Waals surface area contributed by atoms with Crippen LogP contribution < -0.4 is 0 Å². The molecule has 2 nitrogen and oxygen atoms in total. The number of aryl methyl sites for hydroxylation is 1. The molecule has 0 aliphatic rings. The Morgan fingerprint density at radius 3 is 1.80 bits per heavy atom. The van der Waals surface area contributed by atoms with Gasteiger partial charge >= 0.3 is 0 Å². The molecule has 0 radical (unpaired) electrons. The molecule has 0 amide bonds. The second-order valence-electron chi connectivity index (χ2n) is 5.19. The molecular weight excluding hydrogens is 268 g/mol. The normalized spacial score (nSPS) is 13.2. The van der Waals surface area contributed by atoms with E-state index in [9.17, 15) is 8.42 Å². The van der Waals surface area contributed by atoms with Crippen LogP contribution in [0.3, 0.4) is 0 Å². The molecule has 0 heterocycles. The van der Waals surface area contributed by atoms with Crippen LogP contribution in [0.15, 0.2) is 58.3 Å². The van der Waals surface area contributed by atoms with Gasteiger partial charge in [-0.05, 0) is 49.1 Å². The summed E-state index contributed by atoms with van der Waals surface area (Å²) in [5.74, 6) is 0.450. The standard InChI is InChI=1S/C17H20O2S/c1-4-14(3)15-7-11-17(12-8-15)20(18,19)16-9-5-13(2)6-10-16/h5-12,14H,4H2,1-3H3. The summed E-state index contributed by atoms with van der Waals surface area (Å²) in [6.07, 6.45) is 1.05. The van der Waals surface area contributed by atoms with Gasteiger partial charge in [0, 0.05) is 0 Å². The van der Waals surface area contributed by atoms with E-state index in [-0.39, 0.29) is 0 Å². The van der Waals surface area contributed by atoms with Gasteiger partial charge in [0.25, 0.3) is 0 Å². The molecule has 2 aromatic rings. The van der Waals surface area contributed by atoms with Gasteiger partial charge in [0.1, 0.15) is 0 Å². The Kier molecular flexibility index (Phi) is 4.29. The summed E-state index contributed by atoms with van der Waals surface area (Å²) >= 11 is 0. The molecule has 0 fully saturated rings. The molecule has 106 valence electrons. The van der Waals surface area contributed by atoms with Crippen LogP contribution in [0.4, 0.5) is 0 Å². The van der Waals surface area contributed by atoms with E-state index in [1.807, 2.05) is 31.2 Å². The molecule has 1 atom stereocenters. The van der Waals surface area contributed by atoms with Crippen molar-refractivity contribution in [2.24, 2.45) is 0 Å². The molecule has 0 N–H and O–H groups in total. The molecule has 0 spiro atoms. The van der Waals surface area contributed by atoms with E-state index in [0.717, 1.165) is 12.0 Å². The molecule has 0 aliphatic heterocycles. The van der Waals surface area contributed by atoms with E-state index in [1.165, 1.54) is 5.56 Å². The predicted octanol–water partition coefficient (Wildman–Crippen LogP) is 4.34. The van der Waals surface area contributed by atoms with Crippen LogP contribution in [0.25, 0.3) is 0 Å². The van der Waals surface area contributed by atoms with Gasteiger partial charge in [-0.3, -0.25) is 0 Å². The van der Waals surface area contributed by atoms with E-state index in [2.05, 4.69) is 13.8 Å². The van der Waals surface area contributed by atoms with Crippen molar-refractivity contribution in [2.75, 3.05) is 0 Å². The average molecular weight is 288 g/mol. The highest BCUT2D eigenvalue weighted by atomic mass is 32.2. The van der Waals surface area contributed by atoms with Crippen molar-refractivity contribution >= 4 is 9.84 Å². The molecular formula is C17H20O2S. The third-order valence-electron chi connectivity index (χ3n) is 3.70. The van der Waals surface area contributed by atoms with Crippen molar-refractivity contribution in [3.8, 4) is 0 Å². The second-order valence-corrected chi connectivity index (χ2v) is 7.14. The van der Waals surface area contributed by atoms with Crippen molar-refractivity contribution < 1.29 is 8.42 Å². The lowest BCUT2D eigenvalue weighted by molar-refractivity contribution is 0.596. The van der Waals surface area contributed by atoms with Crippen LogP contribution >= 0.6 is 0 Å². The third-order valence-corrected chi connectivity index (χ3v) is 5.49. The van der Waals surface area contributed by atoms with Crippen LogP contribution in [0.2, 0.25) is 0 Å². The zero-order chi connectivity index (χ0) is 14.8. The fraction of sp³-hybridized carbons (Fsp3) is 0.294. The highest BCUT2D eigenvalue weighted by Gasteiger charge is 2.17. The Balaban J connectivity index is 2.37. The summed E-state index contributed by atoms with van der Waals surface area (Å²) in [6.45, 7) is 6.21. The van der Waals surface area contributed by atoms with Gasteiger partial charge in [-0.2, -0.15) is 0 Å². The van der Waals surface area contributed by atoms with Crippen LogP contribution in [0, 0.1) is 6.92 Å². The SMILES string of the molecule is CCC(C)c1ccc(S(=O)(=O)c2ccc(C)cc2)cc1. The largest absolute Gasteiger partial charge is 0.219 e. The maximum absolute atomic E-state index is 12.5. The minimum Gasteiger partial charge on any atom is -0.219 e. The maximum Gasteiger partial charge on any atom is 0.206 e. The lowest BCUT2D eigenvalue weighted by Gasteiger charge is -2.10. The van der Waals surface area contributed by atoms with Crippen molar-refractivity contribution in [1.29, 1.82) is 0 Å². The Morgan fingerprint density at radius 1 is 0.900 bits per heavy atom. The van der Waals surface area contributed by atoms with Crippen LogP contribution in [0.1, 0.15) is 37.3 Å². The van der Waals surface area contributed by atoms with E-state index in [4.69, 9.17) is 0 Å². The highest BCUT2D eigenvalue weighted by Crippen LogP contribution is 2.24. The minimum atomic E-state index is -3.40. The first-order valence-corrected chi connectivity index (χ1v) is 8.35. The molecule has 20 heavy (non-hydrogen) atoms. The Hall–Kier alpha value is -1.61. The Bertz CT molecular complexity index is 668. The van der Waals surface area contributed by atoms with Crippen molar-refractivity contribution in [2.45, 2.75) is 42.9 Å². The van der Waals surface area contributed by atoms with Gasteiger partial charge in [-0.25, -0.2) is 8.42 Å². The van der Waals surface area contributed by atoms with E-state index < -0.39 is 9.84 Å². The molecule has 2 aromatic carbocycles. The minimum absolute atomic E-state index is 0.347. The number of sulfone groups is 1. The molecule has 0 aliphatic carbocycles. The summed E-state index contributed by atoms with van der Waals surface area (Å²) in [7, 11) is -3.40. The molecule has 0 aromatic heterocycles. The van der Waals surface area contributed by atoms with Crippen LogP contribution in [-0.2, 0) is 9.84 Å². The smallest absolute Gasteiger partial charge is 0.206 e. The first-order chi connectivity index (χ1) is 9.45. The summed E-state index contributed by atoms with van der Waals surface area (Å²) in [5.41, 5.74) is 2.23. The quantitative estimate of drug-likeness (QED) is 0.838. The molecule has 1 unspecified atom stereocenters. The molecule has 0 bridgehead atoms. The summed E-state index contributed by atoms with van der Waals surface area (Å²) in [4.78, 5) is 0.702. The molecule has 0 saturated heterocycles. The summed E-state index contributed by atoms with van der Waals surface area (Å²) in [6, 6.07) is 14.2. The fourth-order valence-corrected chi connectivity index (χ4v) is 3.33. The number of hydrogen-bond acceptors (Lipinski definition) is 2. The molecule has 2 rings (SSSR count).